The van der Waals surface area contributed by atoms with Crippen LogP contribution in [-0.2, 0) is 26.3 Å². The van der Waals surface area contributed by atoms with E-state index in [0.29, 0.717) is 33.9 Å². The van der Waals surface area contributed by atoms with Crippen LogP contribution in [0.15, 0.2) is 66.9 Å². The second kappa shape index (κ2) is 8.61. The molecule has 4 aromatic rings. The van der Waals surface area contributed by atoms with Crippen molar-refractivity contribution in [3.63, 3.8) is 0 Å². The van der Waals surface area contributed by atoms with Gasteiger partial charge in [-0.05, 0) is 73.9 Å². The van der Waals surface area contributed by atoms with Gasteiger partial charge in [-0.1, -0.05) is 29.8 Å². The molecule has 1 spiro atoms. The molecule has 0 unspecified atom stereocenters. The third-order valence-corrected chi connectivity index (χ3v) is 8.85. The molecule has 0 bridgehead atoms. The number of benzene rings is 3. The van der Waals surface area contributed by atoms with Crippen molar-refractivity contribution in [2.45, 2.75) is 31.8 Å². The molecule has 3 amide bonds. The summed E-state index contributed by atoms with van der Waals surface area (Å²) in [6, 6.07) is 17.3. The number of hydrogen-bond acceptors (Lipinski definition) is 5. The molecule has 1 aromatic heterocycles. The molecule has 9 heteroatoms. The minimum Gasteiger partial charge on any atom is -0.361 e. The maximum absolute atomic E-state index is 14.2. The summed E-state index contributed by atoms with van der Waals surface area (Å²) in [5.41, 5.74) is 3.30. The Bertz CT molecular complexity index is 1780. The quantitative estimate of drug-likeness (QED) is 0.255. The van der Waals surface area contributed by atoms with Crippen LogP contribution in [0.1, 0.15) is 34.0 Å². The maximum Gasteiger partial charge on any atom is 0.250 e. The minimum atomic E-state index is -1.47. The van der Waals surface area contributed by atoms with Gasteiger partial charge in [-0.2, -0.15) is 0 Å². The molecule has 2 saturated heterocycles. The summed E-state index contributed by atoms with van der Waals surface area (Å²) in [6.45, 7) is 3.31. The third kappa shape index (κ3) is 3.29. The number of nitrogens with one attached hydrogen (secondary N) is 3. The second-order valence-corrected chi connectivity index (χ2v) is 11.3. The van der Waals surface area contributed by atoms with E-state index < -0.39 is 29.3 Å². The number of fused-ring (bicyclic) bond motifs is 5. The lowest BCUT2D eigenvalue weighted by Crippen LogP contribution is -2.53. The van der Waals surface area contributed by atoms with Crippen LogP contribution in [0.3, 0.4) is 0 Å². The molecular weight excluding hydrogens is 528 g/mol. The summed E-state index contributed by atoms with van der Waals surface area (Å²) < 4.78 is 0. The van der Waals surface area contributed by atoms with Crippen LogP contribution in [0.2, 0.25) is 5.02 Å². The van der Waals surface area contributed by atoms with Gasteiger partial charge in [0.2, 0.25) is 17.7 Å². The van der Waals surface area contributed by atoms with E-state index in [4.69, 9.17) is 11.6 Å². The van der Waals surface area contributed by atoms with E-state index in [1.54, 1.807) is 36.4 Å². The summed E-state index contributed by atoms with van der Waals surface area (Å²) in [7, 11) is 0. The van der Waals surface area contributed by atoms with Gasteiger partial charge < -0.3 is 10.3 Å². The van der Waals surface area contributed by atoms with E-state index in [1.165, 1.54) is 11.8 Å². The summed E-state index contributed by atoms with van der Waals surface area (Å²) in [4.78, 5) is 58.5. The van der Waals surface area contributed by atoms with Gasteiger partial charge >= 0.3 is 0 Å². The first kappa shape index (κ1) is 24.7. The molecule has 200 valence electrons. The molecule has 2 fully saturated rings. The van der Waals surface area contributed by atoms with Crippen LogP contribution < -0.4 is 15.5 Å². The Morgan fingerprint density at radius 3 is 2.52 bits per heavy atom. The lowest BCUT2D eigenvalue weighted by atomic mass is 9.76. The summed E-state index contributed by atoms with van der Waals surface area (Å²) in [5, 5.41) is 7.92. The average molecular weight is 553 g/mol. The molecule has 0 aliphatic carbocycles. The van der Waals surface area contributed by atoms with Gasteiger partial charge in [-0.15, -0.1) is 0 Å². The van der Waals surface area contributed by atoms with Gasteiger partial charge in [0.1, 0.15) is 5.54 Å². The zero-order chi connectivity index (χ0) is 27.9. The van der Waals surface area contributed by atoms with E-state index in [2.05, 4.69) is 15.6 Å². The van der Waals surface area contributed by atoms with Crippen molar-refractivity contribution in [3.05, 3.63) is 94.1 Å². The largest absolute Gasteiger partial charge is 0.361 e. The number of aromatic amines is 1. The molecule has 3 N–H and O–H groups in total. The third-order valence-electron chi connectivity index (χ3n) is 8.63. The Morgan fingerprint density at radius 2 is 1.77 bits per heavy atom. The first-order chi connectivity index (χ1) is 19.2. The summed E-state index contributed by atoms with van der Waals surface area (Å²) in [5.74, 6) is -3.11. The van der Waals surface area contributed by atoms with E-state index in [9.17, 15) is 19.2 Å². The molecule has 0 radical (unpaired) electrons. The van der Waals surface area contributed by atoms with Crippen molar-refractivity contribution in [2.75, 3.05) is 10.2 Å². The fourth-order valence-electron chi connectivity index (χ4n) is 6.85. The van der Waals surface area contributed by atoms with E-state index in [-0.39, 0.29) is 17.6 Å². The molecule has 4 atom stereocenters. The van der Waals surface area contributed by atoms with Crippen molar-refractivity contribution in [2.24, 2.45) is 11.8 Å². The second-order valence-electron chi connectivity index (χ2n) is 10.8. The van der Waals surface area contributed by atoms with Crippen LogP contribution in [-0.4, -0.2) is 34.5 Å². The highest BCUT2D eigenvalue weighted by Gasteiger charge is 2.70. The van der Waals surface area contributed by atoms with Gasteiger partial charge in [0.25, 0.3) is 0 Å². The predicted molar refractivity (Wildman–Crippen MR) is 151 cm³/mol. The monoisotopic (exact) mass is 552 g/mol. The molecular formula is C31H25ClN4O4. The van der Waals surface area contributed by atoms with Gasteiger partial charge in [0, 0.05) is 45.0 Å². The van der Waals surface area contributed by atoms with Crippen LogP contribution in [0.5, 0.6) is 0 Å². The van der Waals surface area contributed by atoms with Crippen molar-refractivity contribution in [1.82, 2.24) is 10.3 Å². The Balaban J connectivity index is 1.38. The fourth-order valence-corrected chi connectivity index (χ4v) is 7.12. The molecule has 4 heterocycles. The molecule has 40 heavy (non-hydrogen) atoms. The van der Waals surface area contributed by atoms with Gasteiger partial charge in [-0.3, -0.25) is 24.5 Å². The zero-order valence-electron chi connectivity index (χ0n) is 21.7. The molecule has 0 saturated carbocycles. The van der Waals surface area contributed by atoms with Crippen LogP contribution >= 0.6 is 11.6 Å². The number of amides is 3. The number of carbonyl (C=O) groups is 4. The minimum absolute atomic E-state index is 0.115. The van der Waals surface area contributed by atoms with Gasteiger partial charge in [0.15, 0.2) is 5.78 Å². The van der Waals surface area contributed by atoms with E-state index in [0.717, 1.165) is 22.0 Å². The summed E-state index contributed by atoms with van der Waals surface area (Å²) in [6.07, 6.45) is 2.33. The number of H-pyrrole nitrogens is 1. The topological polar surface area (TPSA) is 111 Å². The highest BCUT2D eigenvalue weighted by molar-refractivity contribution is 6.31. The highest BCUT2D eigenvalue weighted by Crippen LogP contribution is 2.55. The van der Waals surface area contributed by atoms with Crippen molar-refractivity contribution in [3.8, 4) is 0 Å². The highest BCUT2D eigenvalue weighted by atomic mass is 35.5. The normalized spacial score (nSPS) is 25.1. The molecule has 3 aliphatic heterocycles. The lowest BCUT2D eigenvalue weighted by molar-refractivity contribution is -0.130. The van der Waals surface area contributed by atoms with Crippen LogP contribution in [0.4, 0.5) is 11.4 Å². The Kier molecular flexibility index (Phi) is 5.33. The molecule has 3 aliphatic rings. The Hall–Kier alpha value is -4.27. The van der Waals surface area contributed by atoms with Gasteiger partial charge in [0.05, 0.1) is 17.5 Å². The SMILES string of the molecule is CC(=O)c1ccc(N2C(=O)[C@@H]3[C@H](Cc4c[nH]c5ccccc45)N[C@@]4(C(=O)Nc5c(C)cc(Cl)cc54)[C@@H]3C2=O)cc1. The molecule has 7 rings (SSSR count). The van der Waals surface area contributed by atoms with Crippen LogP contribution in [0.25, 0.3) is 10.9 Å². The maximum atomic E-state index is 14.2. The number of anilines is 2. The van der Waals surface area contributed by atoms with Crippen molar-refractivity contribution in [1.29, 1.82) is 0 Å². The number of para-hydroxylation sites is 1. The van der Waals surface area contributed by atoms with E-state index in [1.807, 2.05) is 37.4 Å². The number of hydrogen-bond donors (Lipinski definition) is 3. The lowest BCUT2D eigenvalue weighted by Gasteiger charge is -2.29. The van der Waals surface area contributed by atoms with E-state index >= 15 is 0 Å². The predicted octanol–water partition coefficient (Wildman–Crippen LogP) is 4.50. The number of nitrogens with zero attached hydrogens (tertiary/aromatic N) is 1. The number of halogens is 1. The number of ketones is 1. The molecule has 3 aromatic carbocycles. The first-order valence-corrected chi connectivity index (χ1v) is 13.5. The molecule has 8 nitrogen and oxygen atoms in total. The van der Waals surface area contributed by atoms with Crippen LogP contribution in [0, 0.1) is 18.8 Å². The number of carbonyl (C=O) groups excluding carboxylic acids is 4. The smallest absolute Gasteiger partial charge is 0.250 e. The number of rotatable bonds is 4. The first-order valence-electron chi connectivity index (χ1n) is 13.1. The standard InChI is InChI=1S/C31H25ClN4O4/c1-15-11-19(32)13-22-27(15)34-30(40)31(22)26-25(24(35-31)12-18-14-33-23-6-4-3-5-21(18)23)28(38)36(29(26)39)20-9-7-17(8-10-20)16(2)37/h3-11,13-14,24-26,33,35H,12H2,1-2H3,(H,34,40)/t24-,25+,26-,31+/m0/s1. The Labute approximate surface area is 234 Å². The number of Topliss-reactive ketones (excluding diaryl/α,β-unsaturated/α-hetero) is 1. The zero-order valence-corrected chi connectivity index (χ0v) is 22.5. The fraction of sp³-hybridized carbons (Fsp3) is 0.226. The summed E-state index contributed by atoms with van der Waals surface area (Å²) >= 11 is 6.47. The number of imide groups is 1. The number of aromatic nitrogens is 1. The van der Waals surface area contributed by atoms with Crippen molar-refractivity contribution >= 4 is 57.4 Å². The average Bonchev–Trinajstić information content (AvgIpc) is 3.64. The van der Waals surface area contributed by atoms with Crippen molar-refractivity contribution < 1.29 is 19.2 Å². The van der Waals surface area contributed by atoms with Gasteiger partial charge in [-0.25, -0.2) is 4.90 Å². The number of aryl methyl sites for hydroxylation is 1. The Morgan fingerprint density at radius 1 is 1.02 bits per heavy atom.